The van der Waals surface area contributed by atoms with Gasteiger partial charge in [-0.3, -0.25) is 0 Å². The highest BCUT2D eigenvalue weighted by Gasteiger charge is 2.04. The summed E-state index contributed by atoms with van der Waals surface area (Å²) in [7, 11) is 0. The molecule has 0 aliphatic heterocycles. The molecule has 0 aromatic heterocycles. The highest BCUT2D eigenvalue weighted by molar-refractivity contribution is 5.91. The second-order valence-electron chi connectivity index (χ2n) is 3.39. The number of carbonyl (C=O) groups is 2. The predicted octanol–water partition coefficient (Wildman–Crippen LogP) is 2.67. The number of hydrogen-bond donors (Lipinski definition) is 2. The lowest BCUT2D eigenvalue weighted by Crippen LogP contribution is -1.99. The summed E-state index contributed by atoms with van der Waals surface area (Å²) in [5.74, 6) is -2.13. The van der Waals surface area contributed by atoms with Crippen LogP contribution >= 0.6 is 0 Å². The Morgan fingerprint density at radius 2 is 1.12 bits per heavy atom. The van der Waals surface area contributed by atoms with Crippen LogP contribution in [-0.2, 0) is 0 Å². The van der Waals surface area contributed by atoms with Crippen molar-refractivity contribution in [3.05, 3.63) is 47.5 Å². The van der Waals surface area contributed by atoms with Gasteiger partial charge in [0, 0.05) is 0 Å². The molecule has 2 N–H and O–H groups in total. The molecule has 0 aliphatic rings. The van der Waals surface area contributed by atoms with Crippen molar-refractivity contribution >= 4 is 11.9 Å². The van der Waals surface area contributed by atoms with E-state index in [1.54, 1.807) is 0 Å². The van der Waals surface area contributed by atoms with Crippen molar-refractivity contribution in [2.24, 2.45) is 0 Å². The fourth-order valence-electron chi connectivity index (χ4n) is 0.755. The molecule has 0 radical (unpaired) electrons. The third-order valence-corrected chi connectivity index (χ3v) is 1.38. The fraction of sp³-hybridized carbons (Fsp3) is 0.167. The first-order chi connectivity index (χ1) is 7.34. The lowest BCUT2D eigenvalue weighted by Gasteiger charge is -1.94. The van der Waals surface area contributed by atoms with Crippen LogP contribution in [0.5, 0.6) is 0 Å². The topological polar surface area (TPSA) is 74.6 Å². The smallest absolute Gasteiger partial charge is 0.335 e. The lowest BCUT2D eigenvalue weighted by molar-refractivity contribution is 0.0681. The highest BCUT2D eigenvalue weighted by atomic mass is 16.4. The van der Waals surface area contributed by atoms with Crippen molar-refractivity contribution < 1.29 is 19.8 Å². The highest BCUT2D eigenvalue weighted by Crippen LogP contribution is 2.03. The summed E-state index contributed by atoms with van der Waals surface area (Å²) >= 11 is 0. The van der Waals surface area contributed by atoms with Gasteiger partial charge >= 0.3 is 11.9 Å². The van der Waals surface area contributed by atoms with E-state index in [0.29, 0.717) is 0 Å². The van der Waals surface area contributed by atoms with Crippen LogP contribution in [0.1, 0.15) is 34.6 Å². The minimum atomic E-state index is -1.06. The van der Waals surface area contributed by atoms with E-state index in [1.165, 1.54) is 29.8 Å². The van der Waals surface area contributed by atoms with Gasteiger partial charge < -0.3 is 10.2 Å². The van der Waals surface area contributed by atoms with Gasteiger partial charge in [-0.05, 0) is 38.1 Å². The second-order valence-corrected chi connectivity index (χ2v) is 3.39. The van der Waals surface area contributed by atoms with Crippen molar-refractivity contribution in [3.63, 3.8) is 0 Å². The molecule has 0 aliphatic carbocycles. The van der Waals surface area contributed by atoms with E-state index in [1.807, 2.05) is 13.8 Å². The molecule has 0 spiro atoms. The zero-order chi connectivity index (χ0) is 12.7. The summed E-state index contributed by atoms with van der Waals surface area (Å²) in [6, 6.07) is 5.02. The summed E-state index contributed by atoms with van der Waals surface area (Å²) < 4.78 is 0. The number of aromatic carboxylic acids is 2. The summed E-state index contributed by atoms with van der Waals surface area (Å²) in [4.78, 5) is 20.7. The summed E-state index contributed by atoms with van der Waals surface area (Å²) in [5, 5.41) is 16.9. The normalized spacial score (nSPS) is 8.62. The molecule has 0 bridgehead atoms. The molecule has 0 amide bonds. The number of allylic oxidation sites excluding steroid dienone is 1. The largest absolute Gasteiger partial charge is 0.478 e. The molecule has 0 saturated heterocycles. The van der Waals surface area contributed by atoms with E-state index >= 15 is 0 Å². The molecule has 0 heterocycles. The van der Waals surface area contributed by atoms with Gasteiger partial charge in [0.1, 0.15) is 0 Å². The van der Waals surface area contributed by atoms with Gasteiger partial charge in [0.2, 0.25) is 0 Å². The van der Waals surface area contributed by atoms with Crippen LogP contribution in [0.4, 0.5) is 0 Å². The lowest BCUT2D eigenvalue weighted by atomic mass is 10.1. The van der Waals surface area contributed by atoms with Crippen molar-refractivity contribution in [3.8, 4) is 0 Å². The Hall–Kier alpha value is -2.10. The van der Waals surface area contributed by atoms with Crippen LogP contribution in [0, 0.1) is 0 Å². The van der Waals surface area contributed by atoms with Crippen LogP contribution in [0.3, 0.4) is 0 Å². The molecule has 86 valence electrons. The molecular weight excluding hydrogens is 208 g/mol. The molecule has 0 fully saturated rings. The molecule has 1 aromatic carbocycles. The van der Waals surface area contributed by atoms with E-state index < -0.39 is 11.9 Å². The summed E-state index contributed by atoms with van der Waals surface area (Å²) in [6.07, 6.45) is 0. The molecule has 1 rings (SSSR count). The predicted molar refractivity (Wildman–Crippen MR) is 60.8 cm³/mol. The quantitative estimate of drug-likeness (QED) is 0.754. The van der Waals surface area contributed by atoms with Crippen molar-refractivity contribution in [2.45, 2.75) is 13.8 Å². The fourth-order valence-corrected chi connectivity index (χ4v) is 0.755. The van der Waals surface area contributed by atoms with E-state index in [9.17, 15) is 9.59 Å². The molecule has 0 atom stereocenters. The van der Waals surface area contributed by atoms with Gasteiger partial charge in [0.05, 0.1) is 11.1 Å². The molecule has 0 unspecified atom stereocenters. The van der Waals surface area contributed by atoms with Gasteiger partial charge in [-0.15, -0.1) is 6.58 Å². The Balaban J connectivity index is 0.000000487. The molecule has 1 aromatic rings. The monoisotopic (exact) mass is 222 g/mol. The molecule has 4 nitrogen and oxygen atoms in total. The third-order valence-electron chi connectivity index (χ3n) is 1.38. The first-order valence-electron chi connectivity index (χ1n) is 4.53. The maximum Gasteiger partial charge on any atom is 0.335 e. The number of hydrogen-bond acceptors (Lipinski definition) is 2. The van der Waals surface area contributed by atoms with Gasteiger partial charge in [0.25, 0.3) is 0 Å². The van der Waals surface area contributed by atoms with Crippen LogP contribution in [0.15, 0.2) is 36.4 Å². The van der Waals surface area contributed by atoms with Crippen LogP contribution < -0.4 is 0 Å². The van der Waals surface area contributed by atoms with E-state index in [4.69, 9.17) is 10.2 Å². The van der Waals surface area contributed by atoms with Crippen molar-refractivity contribution in [2.75, 3.05) is 0 Å². The Morgan fingerprint density at radius 3 is 1.25 bits per heavy atom. The average molecular weight is 222 g/mol. The number of benzene rings is 1. The maximum absolute atomic E-state index is 10.3. The number of rotatable bonds is 2. The molecule has 16 heavy (non-hydrogen) atoms. The van der Waals surface area contributed by atoms with Crippen molar-refractivity contribution in [1.29, 1.82) is 0 Å². The number of carboxylic acids is 2. The third kappa shape index (κ3) is 5.59. The van der Waals surface area contributed by atoms with E-state index in [0.717, 1.165) is 0 Å². The van der Waals surface area contributed by atoms with E-state index in [-0.39, 0.29) is 11.1 Å². The second kappa shape index (κ2) is 6.40. The zero-order valence-corrected chi connectivity index (χ0v) is 9.23. The Kier molecular flexibility index (Phi) is 5.56. The van der Waals surface area contributed by atoms with Crippen LogP contribution in [0.2, 0.25) is 0 Å². The summed E-state index contributed by atoms with van der Waals surface area (Å²) in [5.41, 5.74) is 1.33. The van der Waals surface area contributed by atoms with Gasteiger partial charge in [-0.1, -0.05) is 5.57 Å². The van der Waals surface area contributed by atoms with Crippen LogP contribution in [-0.4, -0.2) is 22.2 Å². The minimum Gasteiger partial charge on any atom is -0.478 e. The van der Waals surface area contributed by atoms with Crippen LogP contribution in [0.25, 0.3) is 0 Å². The average Bonchev–Trinajstić information content (AvgIpc) is 2.17. The van der Waals surface area contributed by atoms with Gasteiger partial charge in [0.15, 0.2) is 0 Å². The Bertz CT molecular complexity index is 353. The standard InChI is InChI=1S/C8H6O4.C4H8/c9-7(10)5-1-2-6(4-3-5)8(11)12;1-4(2)3/h1-4H,(H,9,10)(H,11,12);1H2,2-3H3. The van der Waals surface area contributed by atoms with E-state index in [2.05, 4.69) is 6.58 Å². The first kappa shape index (κ1) is 13.9. The number of carboxylic acid groups (broad SMARTS) is 2. The summed E-state index contributed by atoms with van der Waals surface area (Å²) in [6.45, 7) is 7.50. The Labute approximate surface area is 93.8 Å². The molecule has 4 heteroatoms. The van der Waals surface area contributed by atoms with Gasteiger partial charge in [-0.25, -0.2) is 9.59 Å². The molecular formula is C12H14O4. The maximum atomic E-state index is 10.3. The minimum absolute atomic E-state index is 0.0833. The molecule has 0 saturated carbocycles. The Morgan fingerprint density at radius 1 is 0.938 bits per heavy atom. The SMILES string of the molecule is C=C(C)C.O=C(O)c1ccc(C(=O)O)cc1. The first-order valence-corrected chi connectivity index (χ1v) is 4.53. The van der Waals surface area contributed by atoms with Gasteiger partial charge in [-0.2, -0.15) is 0 Å². The zero-order valence-electron chi connectivity index (χ0n) is 9.23. The van der Waals surface area contributed by atoms with Crippen molar-refractivity contribution in [1.82, 2.24) is 0 Å².